The first-order chi connectivity index (χ1) is 8.59. The second-order valence-corrected chi connectivity index (χ2v) is 6.79. The molecular weight excluding hydrogens is 246 g/mol. The Kier molecular flexibility index (Phi) is 4.92. The van der Waals surface area contributed by atoms with Gasteiger partial charge in [-0.3, -0.25) is 15.0 Å². The van der Waals surface area contributed by atoms with Gasteiger partial charge in [0.25, 0.3) is 0 Å². The molecule has 4 nitrogen and oxygen atoms in total. The highest BCUT2D eigenvalue weighted by atomic mass is 32.2. The summed E-state index contributed by atoms with van der Waals surface area (Å²) in [6.45, 7) is 10.5. The number of nitrogens with zero attached hydrogens (tertiary/aromatic N) is 2. The van der Waals surface area contributed by atoms with E-state index in [-0.39, 0.29) is 18.1 Å². The molecule has 0 aromatic carbocycles. The van der Waals surface area contributed by atoms with E-state index in [0.717, 1.165) is 13.1 Å². The summed E-state index contributed by atoms with van der Waals surface area (Å²) in [5.41, 5.74) is 0. The van der Waals surface area contributed by atoms with Crippen LogP contribution in [0, 0.1) is 5.92 Å². The van der Waals surface area contributed by atoms with Crippen LogP contribution in [0.2, 0.25) is 0 Å². The van der Waals surface area contributed by atoms with Crippen LogP contribution >= 0.6 is 11.8 Å². The zero-order valence-corrected chi connectivity index (χ0v) is 12.5. The van der Waals surface area contributed by atoms with Crippen LogP contribution < -0.4 is 5.32 Å². The fraction of sp³-hybridized carbons (Fsp3) is 0.923. The SMILES string of the molecule is CC1NC(C(C)C)N(CCN2CCSCC2)C1=O. The molecule has 2 unspecified atom stereocenters. The molecule has 0 aliphatic carbocycles. The van der Waals surface area contributed by atoms with Crippen molar-refractivity contribution in [1.29, 1.82) is 0 Å². The molecule has 2 heterocycles. The third-order valence-electron chi connectivity index (χ3n) is 3.80. The zero-order chi connectivity index (χ0) is 13.1. The minimum atomic E-state index is -0.0192. The van der Waals surface area contributed by atoms with E-state index in [9.17, 15) is 4.79 Å². The smallest absolute Gasteiger partial charge is 0.240 e. The topological polar surface area (TPSA) is 35.6 Å². The van der Waals surface area contributed by atoms with Crippen LogP contribution in [0.25, 0.3) is 0 Å². The summed E-state index contributed by atoms with van der Waals surface area (Å²) in [4.78, 5) is 16.6. The molecular formula is C13H25N3OS. The molecule has 2 aliphatic heterocycles. The Bertz CT molecular complexity index is 292. The molecule has 1 N–H and O–H groups in total. The Labute approximate surface area is 114 Å². The predicted molar refractivity (Wildman–Crippen MR) is 76.7 cm³/mol. The van der Waals surface area contributed by atoms with Gasteiger partial charge >= 0.3 is 0 Å². The summed E-state index contributed by atoms with van der Waals surface area (Å²) in [5, 5.41) is 3.39. The fourth-order valence-electron chi connectivity index (χ4n) is 2.68. The van der Waals surface area contributed by atoms with Crippen LogP contribution in [0.3, 0.4) is 0 Å². The number of carbonyl (C=O) groups is 1. The van der Waals surface area contributed by atoms with E-state index < -0.39 is 0 Å². The van der Waals surface area contributed by atoms with E-state index in [1.54, 1.807) is 0 Å². The van der Waals surface area contributed by atoms with Gasteiger partial charge in [0.05, 0.1) is 12.2 Å². The Morgan fingerprint density at radius 1 is 1.33 bits per heavy atom. The fourth-order valence-corrected chi connectivity index (χ4v) is 3.66. The summed E-state index contributed by atoms with van der Waals surface area (Å²) < 4.78 is 0. The maximum Gasteiger partial charge on any atom is 0.240 e. The number of rotatable bonds is 4. The number of nitrogens with one attached hydrogen (secondary N) is 1. The maximum atomic E-state index is 12.1. The highest BCUT2D eigenvalue weighted by Crippen LogP contribution is 2.17. The molecule has 2 atom stereocenters. The van der Waals surface area contributed by atoms with Crippen molar-refractivity contribution in [2.24, 2.45) is 5.92 Å². The van der Waals surface area contributed by atoms with Crippen LogP contribution in [-0.4, -0.2) is 65.6 Å². The monoisotopic (exact) mass is 271 g/mol. The first kappa shape index (κ1) is 14.2. The maximum absolute atomic E-state index is 12.1. The van der Waals surface area contributed by atoms with Crippen molar-refractivity contribution >= 4 is 17.7 Å². The Morgan fingerprint density at radius 2 is 2.00 bits per heavy atom. The van der Waals surface area contributed by atoms with Crippen molar-refractivity contribution in [3.63, 3.8) is 0 Å². The van der Waals surface area contributed by atoms with Gasteiger partial charge in [-0.1, -0.05) is 13.8 Å². The van der Waals surface area contributed by atoms with Gasteiger partial charge in [0.2, 0.25) is 5.91 Å². The Morgan fingerprint density at radius 3 is 2.61 bits per heavy atom. The molecule has 2 aliphatic rings. The molecule has 0 bridgehead atoms. The first-order valence-corrected chi connectivity index (χ1v) is 8.11. The van der Waals surface area contributed by atoms with Gasteiger partial charge in [-0.05, 0) is 12.8 Å². The molecule has 0 aromatic rings. The summed E-state index contributed by atoms with van der Waals surface area (Å²) >= 11 is 2.03. The largest absolute Gasteiger partial charge is 0.324 e. The summed E-state index contributed by atoms with van der Waals surface area (Å²) in [6, 6.07) is -0.0192. The lowest BCUT2D eigenvalue weighted by Crippen LogP contribution is -2.46. The minimum Gasteiger partial charge on any atom is -0.324 e. The second kappa shape index (κ2) is 6.26. The lowest BCUT2D eigenvalue weighted by atomic mass is 10.1. The quantitative estimate of drug-likeness (QED) is 0.822. The molecule has 0 spiro atoms. The van der Waals surface area contributed by atoms with Crippen LogP contribution in [0.1, 0.15) is 20.8 Å². The van der Waals surface area contributed by atoms with Gasteiger partial charge in [-0.25, -0.2) is 0 Å². The molecule has 1 amide bonds. The van der Waals surface area contributed by atoms with E-state index in [4.69, 9.17) is 0 Å². The van der Waals surface area contributed by atoms with Crippen molar-refractivity contribution in [3.05, 3.63) is 0 Å². The second-order valence-electron chi connectivity index (χ2n) is 5.56. The number of hydrogen-bond acceptors (Lipinski definition) is 4. The third kappa shape index (κ3) is 3.19. The Balaban J connectivity index is 1.87. The van der Waals surface area contributed by atoms with Crippen molar-refractivity contribution in [2.75, 3.05) is 37.7 Å². The lowest BCUT2D eigenvalue weighted by molar-refractivity contribution is -0.130. The van der Waals surface area contributed by atoms with Crippen LogP contribution in [0.4, 0.5) is 0 Å². The number of hydrogen-bond donors (Lipinski definition) is 1. The number of amides is 1. The molecule has 5 heteroatoms. The van der Waals surface area contributed by atoms with Crippen LogP contribution in [0.15, 0.2) is 0 Å². The van der Waals surface area contributed by atoms with Gasteiger partial charge in [0, 0.05) is 37.7 Å². The minimum absolute atomic E-state index is 0.0192. The highest BCUT2D eigenvalue weighted by Gasteiger charge is 2.37. The standard InChI is InChI=1S/C13H25N3OS/c1-10(2)12-14-11(3)13(17)16(12)5-4-15-6-8-18-9-7-15/h10-12,14H,4-9H2,1-3H3. The van der Waals surface area contributed by atoms with E-state index >= 15 is 0 Å². The lowest BCUT2D eigenvalue weighted by Gasteiger charge is -2.31. The van der Waals surface area contributed by atoms with Crippen molar-refractivity contribution in [1.82, 2.24) is 15.1 Å². The molecule has 0 aromatic heterocycles. The molecule has 0 saturated carbocycles. The van der Waals surface area contributed by atoms with Crippen molar-refractivity contribution in [3.8, 4) is 0 Å². The van der Waals surface area contributed by atoms with E-state index in [2.05, 4.69) is 24.1 Å². The van der Waals surface area contributed by atoms with Gasteiger partial charge in [0.1, 0.15) is 0 Å². The van der Waals surface area contributed by atoms with E-state index in [0.29, 0.717) is 5.92 Å². The molecule has 2 fully saturated rings. The van der Waals surface area contributed by atoms with E-state index in [1.165, 1.54) is 24.6 Å². The zero-order valence-electron chi connectivity index (χ0n) is 11.7. The van der Waals surface area contributed by atoms with Crippen molar-refractivity contribution in [2.45, 2.75) is 33.0 Å². The molecule has 2 rings (SSSR count). The average molecular weight is 271 g/mol. The van der Waals surface area contributed by atoms with Gasteiger partial charge in [0.15, 0.2) is 0 Å². The number of carbonyl (C=O) groups excluding carboxylic acids is 1. The van der Waals surface area contributed by atoms with Crippen molar-refractivity contribution < 1.29 is 4.79 Å². The Hall–Kier alpha value is -0.260. The van der Waals surface area contributed by atoms with Crippen LogP contribution in [-0.2, 0) is 4.79 Å². The summed E-state index contributed by atoms with van der Waals surface area (Å²) in [5.74, 6) is 3.20. The summed E-state index contributed by atoms with van der Waals surface area (Å²) in [7, 11) is 0. The highest BCUT2D eigenvalue weighted by molar-refractivity contribution is 7.99. The van der Waals surface area contributed by atoms with Gasteiger partial charge in [-0.15, -0.1) is 0 Å². The van der Waals surface area contributed by atoms with Gasteiger partial charge < -0.3 is 4.90 Å². The summed E-state index contributed by atoms with van der Waals surface area (Å²) in [6.07, 6.45) is 0.215. The molecule has 0 radical (unpaired) electrons. The predicted octanol–water partition coefficient (Wildman–Crippen LogP) is 0.838. The normalized spacial score (nSPS) is 30.4. The first-order valence-electron chi connectivity index (χ1n) is 6.96. The molecule has 2 saturated heterocycles. The average Bonchev–Trinajstić information content (AvgIpc) is 2.65. The van der Waals surface area contributed by atoms with Crippen LogP contribution in [0.5, 0.6) is 0 Å². The third-order valence-corrected chi connectivity index (χ3v) is 4.74. The van der Waals surface area contributed by atoms with E-state index in [1.807, 2.05) is 23.6 Å². The molecule has 104 valence electrons. The van der Waals surface area contributed by atoms with Gasteiger partial charge in [-0.2, -0.15) is 11.8 Å². The molecule has 18 heavy (non-hydrogen) atoms. The number of thioether (sulfide) groups is 1.